The Labute approximate surface area is 171 Å². The van der Waals surface area contributed by atoms with E-state index in [0.29, 0.717) is 65.3 Å². The van der Waals surface area contributed by atoms with Gasteiger partial charge in [-0.15, -0.1) is 0 Å². The lowest BCUT2D eigenvalue weighted by Crippen LogP contribution is -2.58. The van der Waals surface area contributed by atoms with Crippen molar-refractivity contribution in [3.63, 3.8) is 0 Å². The zero-order chi connectivity index (χ0) is 20.3. The highest BCUT2D eigenvalue weighted by molar-refractivity contribution is 5.79. The third-order valence-electron chi connectivity index (χ3n) is 10.2. The molecule has 0 aromatic rings. The van der Waals surface area contributed by atoms with Crippen molar-refractivity contribution in [1.82, 2.24) is 0 Å². The van der Waals surface area contributed by atoms with Gasteiger partial charge in [0, 0.05) is 19.3 Å². The van der Waals surface area contributed by atoms with Gasteiger partial charge in [-0.25, -0.2) is 0 Å². The summed E-state index contributed by atoms with van der Waals surface area (Å²) in [6, 6.07) is 0. The summed E-state index contributed by atoms with van der Waals surface area (Å²) >= 11 is 0. The minimum atomic E-state index is -0.232. The second kappa shape index (κ2) is 7.22. The largest absolute Gasteiger partial charge is 0.393 e. The summed E-state index contributed by atoms with van der Waals surface area (Å²) in [6.07, 6.45) is 9.78. The molecule has 4 aliphatic carbocycles. The number of hydrogen-bond acceptors (Lipinski definition) is 3. The molecule has 7 unspecified atom stereocenters. The zero-order valence-electron chi connectivity index (χ0n) is 18.4. The van der Waals surface area contributed by atoms with E-state index in [1.165, 1.54) is 25.7 Å². The maximum atomic E-state index is 12.1. The number of carbonyl (C=O) groups excluding carboxylic acids is 2. The molecule has 0 heterocycles. The maximum absolute atomic E-state index is 12.1. The zero-order valence-corrected chi connectivity index (χ0v) is 18.4. The van der Waals surface area contributed by atoms with E-state index in [4.69, 9.17) is 0 Å². The topological polar surface area (TPSA) is 54.4 Å². The van der Waals surface area contributed by atoms with E-state index in [9.17, 15) is 14.7 Å². The molecule has 3 nitrogen and oxygen atoms in total. The van der Waals surface area contributed by atoms with Crippen LogP contribution in [0.4, 0.5) is 0 Å². The Morgan fingerprint density at radius 2 is 1.86 bits per heavy atom. The molecule has 0 bridgehead atoms. The summed E-state index contributed by atoms with van der Waals surface area (Å²) in [5, 5.41) is 11.3. The molecule has 1 N–H and O–H groups in total. The number of fused-ring (bicyclic) bond motifs is 5. The number of Topliss-reactive ketones (excluding diaryl/α,β-unsaturated/α-hetero) is 2. The smallest absolute Gasteiger partial charge is 0.133 e. The molecule has 0 aliphatic heterocycles. The lowest BCUT2D eigenvalue weighted by atomic mass is 9.44. The van der Waals surface area contributed by atoms with E-state index in [1.807, 2.05) is 0 Å². The van der Waals surface area contributed by atoms with Crippen LogP contribution in [0.1, 0.15) is 91.9 Å². The summed E-state index contributed by atoms with van der Waals surface area (Å²) in [5.41, 5.74) is 0.559. The van der Waals surface area contributed by atoms with Crippen molar-refractivity contribution in [2.24, 2.45) is 46.3 Å². The number of ketones is 2. The Hall–Kier alpha value is -0.700. The summed E-state index contributed by atoms with van der Waals surface area (Å²) in [4.78, 5) is 23.6. The molecule has 0 aromatic carbocycles. The number of rotatable bonds is 4. The van der Waals surface area contributed by atoms with Gasteiger partial charge in [0.25, 0.3) is 0 Å². The molecule has 0 radical (unpaired) electrons. The van der Waals surface area contributed by atoms with Crippen LogP contribution in [0.5, 0.6) is 0 Å². The molecule has 0 spiro atoms. The first kappa shape index (κ1) is 20.6. The van der Waals surface area contributed by atoms with Crippen LogP contribution in [0.25, 0.3) is 0 Å². The third-order valence-corrected chi connectivity index (χ3v) is 10.2. The van der Waals surface area contributed by atoms with Gasteiger partial charge in [-0.2, -0.15) is 0 Å². The van der Waals surface area contributed by atoms with Gasteiger partial charge >= 0.3 is 0 Å². The van der Waals surface area contributed by atoms with Crippen LogP contribution >= 0.6 is 0 Å². The molecule has 4 saturated carbocycles. The SMILES string of the molecule is CC(=O)CCC(C)C1CCC2C3C(O)C[C@@H]4CC(=O)CC[C@]4(C)C3CCC12C. The fourth-order valence-corrected chi connectivity index (χ4v) is 8.62. The molecular formula is C25H40O3. The quantitative estimate of drug-likeness (QED) is 0.721. The van der Waals surface area contributed by atoms with Crippen LogP contribution < -0.4 is 0 Å². The van der Waals surface area contributed by atoms with E-state index in [0.717, 1.165) is 25.7 Å². The molecule has 4 fully saturated rings. The van der Waals surface area contributed by atoms with E-state index in [2.05, 4.69) is 20.8 Å². The second-order valence-corrected chi connectivity index (χ2v) is 11.5. The summed E-state index contributed by atoms with van der Waals surface area (Å²) in [5.74, 6) is 3.99. The number of aliphatic hydroxyl groups is 1. The summed E-state index contributed by atoms with van der Waals surface area (Å²) in [6.45, 7) is 9.01. The average Bonchev–Trinajstić information content (AvgIpc) is 2.98. The van der Waals surface area contributed by atoms with Crippen LogP contribution in [0.3, 0.4) is 0 Å². The number of carbonyl (C=O) groups is 2. The second-order valence-electron chi connectivity index (χ2n) is 11.5. The van der Waals surface area contributed by atoms with Crippen molar-refractivity contribution < 1.29 is 14.7 Å². The highest BCUT2D eigenvalue weighted by atomic mass is 16.3. The van der Waals surface area contributed by atoms with Gasteiger partial charge in [0.1, 0.15) is 11.6 Å². The van der Waals surface area contributed by atoms with Crippen LogP contribution in [0.2, 0.25) is 0 Å². The minimum Gasteiger partial charge on any atom is -0.393 e. The highest BCUT2D eigenvalue weighted by Crippen LogP contribution is 2.68. The molecule has 0 aromatic heterocycles. The van der Waals surface area contributed by atoms with Crippen molar-refractivity contribution in [2.75, 3.05) is 0 Å². The number of hydrogen-bond donors (Lipinski definition) is 1. The third kappa shape index (κ3) is 3.11. The average molecular weight is 389 g/mol. The van der Waals surface area contributed by atoms with Crippen LogP contribution in [0, 0.1) is 46.3 Å². The van der Waals surface area contributed by atoms with Crippen molar-refractivity contribution in [2.45, 2.75) is 98.0 Å². The van der Waals surface area contributed by atoms with E-state index >= 15 is 0 Å². The molecule has 0 saturated heterocycles. The lowest BCUT2D eigenvalue weighted by Gasteiger charge is -2.62. The van der Waals surface area contributed by atoms with Gasteiger partial charge in [0.2, 0.25) is 0 Å². The maximum Gasteiger partial charge on any atom is 0.133 e. The van der Waals surface area contributed by atoms with E-state index in [1.54, 1.807) is 6.92 Å². The van der Waals surface area contributed by atoms with Crippen molar-refractivity contribution in [3.05, 3.63) is 0 Å². The van der Waals surface area contributed by atoms with Gasteiger partial charge in [-0.05, 0) is 98.2 Å². The molecule has 4 aliphatic rings. The van der Waals surface area contributed by atoms with Gasteiger partial charge in [-0.1, -0.05) is 20.8 Å². The van der Waals surface area contributed by atoms with Crippen molar-refractivity contribution in [3.8, 4) is 0 Å². The van der Waals surface area contributed by atoms with Gasteiger partial charge in [-0.3, -0.25) is 4.79 Å². The van der Waals surface area contributed by atoms with Gasteiger partial charge in [0.15, 0.2) is 0 Å². The predicted molar refractivity (Wildman–Crippen MR) is 111 cm³/mol. The predicted octanol–water partition coefficient (Wildman–Crippen LogP) is 5.19. The Balaban J connectivity index is 1.56. The molecule has 28 heavy (non-hydrogen) atoms. The van der Waals surface area contributed by atoms with Crippen LogP contribution in [0.15, 0.2) is 0 Å². The monoisotopic (exact) mass is 388 g/mol. The molecule has 4 rings (SSSR count). The lowest BCUT2D eigenvalue weighted by molar-refractivity contribution is -0.168. The Bertz CT molecular complexity index is 642. The molecule has 0 amide bonds. The fraction of sp³-hybridized carbons (Fsp3) is 0.920. The summed E-state index contributed by atoms with van der Waals surface area (Å²) in [7, 11) is 0. The minimum absolute atomic E-state index is 0.232. The molecular weight excluding hydrogens is 348 g/mol. The van der Waals surface area contributed by atoms with E-state index < -0.39 is 0 Å². The van der Waals surface area contributed by atoms with Crippen molar-refractivity contribution in [1.29, 1.82) is 0 Å². The first-order valence-corrected chi connectivity index (χ1v) is 11.9. The Morgan fingerprint density at radius 1 is 1.14 bits per heavy atom. The van der Waals surface area contributed by atoms with Crippen molar-refractivity contribution >= 4 is 11.6 Å². The van der Waals surface area contributed by atoms with Gasteiger partial charge in [0.05, 0.1) is 6.10 Å². The highest BCUT2D eigenvalue weighted by Gasteiger charge is 2.62. The molecule has 9 atom stereocenters. The standard InChI is InChI=1S/C25H40O3/c1-15(5-6-16(2)26)19-7-8-20-23-21(10-12-25(19,20)4)24(3)11-9-18(27)13-17(24)14-22(23)28/h15,17,19-23,28H,5-14H2,1-4H3/t15?,17-,19?,20?,21?,22?,23?,24-,25?/m0/s1. The Morgan fingerprint density at radius 3 is 2.57 bits per heavy atom. The Kier molecular flexibility index (Phi) is 5.30. The van der Waals surface area contributed by atoms with E-state index in [-0.39, 0.29) is 11.5 Å². The molecule has 3 heteroatoms. The first-order valence-electron chi connectivity index (χ1n) is 11.9. The molecule has 158 valence electrons. The fourth-order valence-electron chi connectivity index (χ4n) is 8.62. The van der Waals surface area contributed by atoms with Gasteiger partial charge < -0.3 is 9.90 Å². The first-order chi connectivity index (χ1) is 13.2. The van der Waals surface area contributed by atoms with Crippen LogP contribution in [-0.2, 0) is 9.59 Å². The number of aliphatic hydroxyl groups excluding tert-OH is 1. The summed E-state index contributed by atoms with van der Waals surface area (Å²) < 4.78 is 0. The normalized spacial score (nSPS) is 49.1. The van der Waals surface area contributed by atoms with Crippen LogP contribution in [-0.4, -0.2) is 22.8 Å².